The number of rotatable bonds is 9. The molecule has 0 saturated carbocycles. The smallest absolute Gasteiger partial charge is 0.422 e. The van der Waals surface area contributed by atoms with Crippen molar-refractivity contribution in [1.82, 2.24) is 10.6 Å². The molecule has 0 aliphatic carbocycles. The van der Waals surface area contributed by atoms with Gasteiger partial charge in [-0.05, 0) is 29.8 Å². The number of carbonyl (C=O) groups excluding carboxylic acids is 1. The number of nitrogens with one attached hydrogen (secondary N) is 3. The van der Waals surface area contributed by atoms with Crippen molar-refractivity contribution in [2.75, 3.05) is 32.1 Å². The van der Waals surface area contributed by atoms with E-state index in [1.807, 2.05) is 0 Å². The fourth-order valence-corrected chi connectivity index (χ4v) is 2.48. The molecule has 0 radical (unpaired) electrons. The van der Waals surface area contributed by atoms with Crippen LogP contribution >= 0.6 is 24.0 Å². The van der Waals surface area contributed by atoms with Crippen LogP contribution in [-0.2, 0) is 11.3 Å². The minimum atomic E-state index is -4.36. The molecule has 176 valence electrons. The standard InChI is InChI=1S/C21H25F3N4O3.HI/c1-15(29)28-17-4-3-5-19(12-17)30-11-10-26-20(25-2)27-13-16-6-8-18(9-7-16)31-14-21(22,23)24;/h3-9,12H,10-11,13-14H2,1-2H3,(H,28,29)(H2,25,26,27);1H. The van der Waals surface area contributed by atoms with Gasteiger partial charge in [0.25, 0.3) is 0 Å². The number of carbonyl (C=O) groups is 1. The van der Waals surface area contributed by atoms with Crippen LogP contribution in [0.1, 0.15) is 12.5 Å². The topological polar surface area (TPSA) is 84.0 Å². The summed E-state index contributed by atoms with van der Waals surface area (Å²) < 4.78 is 46.9. The number of hydrogen-bond donors (Lipinski definition) is 3. The Balaban J connectivity index is 0.00000512. The average molecular weight is 566 g/mol. The lowest BCUT2D eigenvalue weighted by atomic mass is 10.2. The Morgan fingerprint density at radius 1 is 1.03 bits per heavy atom. The third-order valence-corrected chi connectivity index (χ3v) is 3.83. The Hall–Kier alpha value is -2.70. The van der Waals surface area contributed by atoms with E-state index in [9.17, 15) is 18.0 Å². The molecule has 0 aliphatic rings. The van der Waals surface area contributed by atoms with Gasteiger partial charge in [0.05, 0.1) is 6.54 Å². The summed E-state index contributed by atoms with van der Waals surface area (Å²) in [7, 11) is 1.63. The van der Waals surface area contributed by atoms with Crippen LogP contribution < -0.4 is 25.4 Å². The molecule has 11 heteroatoms. The van der Waals surface area contributed by atoms with Crippen LogP contribution in [-0.4, -0.2) is 44.8 Å². The van der Waals surface area contributed by atoms with Crippen LogP contribution in [0.5, 0.6) is 11.5 Å². The summed E-state index contributed by atoms with van der Waals surface area (Å²) in [6.45, 7) is 1.40. The molecule has 0 unspecified atom stereocenters. The summed E-state index contributed by atoms with van der Waals surface area (Å²) in [5, 5.41) is 8.90. The summed E-state index contributed by atoms with van der Waals surface area (Å²) in [6, 6.07) is 13.4. The van der Waals surface area contributed by atoms with E-state index in [1.165, 1.54) is 19.1 Å². The molecule has 0 saturated heterocycles. The average Bonchev–Trinajstić information content (AvgIpc) is 2.72. The van der Waals surface area contributed by atoms with Gasteiger partial charge >= 0.3 is 6.18 Å². The quantitative estimate of drug-likeness (QED) is 0.186. The van der Waals surface area contributed by atoms with E-state index < -0.39 is 12.8 Å². The first kappa shape index (κ1) is 27.3. The van der Waals surface area contributed by atoms with Gasteiger partial charge in [0, 0.05) is 32.3 Å². The molecule has 0 spiro atoms. The maximum Gasteiger partial charge on any atom is 0.422 e. The highest BCUT2D eigenvalue weighted by atomic mass is 127. The largest absolute Gasteiger partial charge is 0.492 e. The number of guanidine groups is 1. The Morgan fingerprint density at radius 3 is 2.38 bits per heavy atom. The Morgan fingerprint density at radius 2 is 1.75 bits per heavy atom. The minimum absolute atomic E-state index is 0. The van der Waals surface area contributed by atoms with Gasteiger partial charge in [0.1, 0.15) is 18.1 Å². The zero-order valence-electron chi connectivity index (χ0n) is 17.7. The number of alkyl halides is 3. The van der Waals surface area contributed by atoms with Crippen molar-refractivity contribution in [3.8, 4) is 11.5 Å². The number of anilines is 1. The highest BCUT2D eigenvalue weighted by Crippen LogP contribution is 2.19. The first-order valence-electron chi connectivity index (χ1n) is 9.48. The number of ether oxygens (including phenoxy) is 2. The molecule has 32 heavy (non-hydrogen) atoms. The highest BCUT2D eigenvalue weighted by molar-refractivity contribution is 14.0. The van der Waals surface area contributed by atoms with E-state index in [2.05, 4.69) is 25.7 Å². The molecule has 2 aromatic rings. The summed E-state index contributed by atoms with van der Waals surface area (Å²) >= 11 is 0. The predicted octanol–water partition coefficient (Wildman–Crippen LogP) is 3.95. The molecule has 2 rings (SSSR count). The maximum atomic E-state index is 12.2. The monoisotopic (exact) mass is 566 g/mol. The molecule has 0 atom stereocenters. The van der Waals surface area contributed by atoms with Gasteiger partial charge in [-0.1, -0.05) is 18.2 Å². The molecular weight excluding hydrogens is 540 g/mol. The Kier molecular flexibility index (Phi) is 11.7. The van der Waals surface area contributed by atoms with E-state index in [-0.39, 0.29) is 35.6 Å². The van der Waals surface area contributed by atoms with Crippen LogP contribution in [0.25, 0.3) is 0 Å². The first-order chi connectivity index (χ1) is 14.7. The molecular formula is C21H26F3IN4O3. The van der Waals surface area contributed by atoms with Crippen molar-refractivity contribution in [2.45, 2.75) is 19.6 Å². The number of nitrogens with zero attached hydrogens (tertiary/aromatic N) is 1. The second-order valence-electron chi connectivity index (χ2n) is 6.46. The van der Waals surface area contributed by atoms with Crippen LogP contribution in [0.3, 0.4) is 0 Å². The van der Waals surface area contributed by atoms with Crippen molar-refractivity contribution >= 4 is 41.5 Å². The van der Waals surface area contributed by atoms with Gasteiger partial charge in [-0.25, -0.2) is 0 Å². The molecule has 0 aliphatic heterocycles. The van der Waals surface area contributed by atoms with Gasteiger partial charge in [0.2, 0.25) is 5.91 Å². The zero-order chi connectivity index (χ0) is 22.7. The molecule has 0 fully saturated rings. The molecule has 7 nitrogen and oxygen atoms in total. The first-order valence-corrected chi connectivity index (χ1v) is 9.48. The maximum absolute atomic E-state index is 12.2. The second kappa shape index (κ2) is 13.7. The molecule has 1 amide bonds. The molecule has 2 aromatic carbocycles. The Bertz CT molecular complexity index is 877. The van der Waals surface area contributed by atoms with Crippen LogP contribution in [0, 0.1) is 0 Å². The number of benzene rings is 2. The van der Waals surface area contributed by atoms with E-state index in [0.717, 1.165) is 5.56 Å². The lowest BCUT2D eigenvalue weighted by molar-refractivity contribution is -0.153. The van der Waals surface area contributed by atoms with Gasteiger partial charge < -0.3 is 25.4 Å². The van der Waals surface area contributed by atoms with E-state index in [4.69, 9.17) is 4.74 Å². The predicted molar refractivity (Wildman–Crippen MR) is 128 cm³/mol. The van der Waals surface area contributed by atoms with Crippen molar-refractivity contribution < 1.29 is 27.4 Å². The summed E-state index contributed by atoms with van der Waals surface area (Å²) in [5.74, 6) is 1.18. The summed E-state index contributed by atoms with van der Waals surface area (Å²) in [6.07, 6.45) is -4.36. The SMILES string of the molecule is CN=C(NCCOc1cccc(NC(C)=O)c1)NCc1ccc(OCC(F)(F)F)cc1.I. The number of aliphatic imine (C=N–C) groups is 1. The number of halogens is 4. The van der Waals surface area contributed by atoms with Crippen molar-refractivity contribution in [2.24, 2.45) is 4.99 Å². The number of amides is 1. The summed E-state index contributed by atoms with van der Waals surface area (Å²) in [5.41, 5.74) is 1.51. The van der Waals surface area contributed by atoms with Gasteiger partial charge in [-0.15, -0.1) is 24.0 Å². The van der Waals surface area contributed by atoms with Crippen LogP contribution in [0.4, 0.5) is 18.9 Å². The lowest BCUT2D eigenvalue weighted by Crippen LogP contribution is -2.38. The van der Waals surface area contributed by atoms with Gasteiger partial charge in [-0.3, -0.25) is 9.79 Å². The fraction of sp³-hybridized carbons (Fsp3) is 0.333. The number of hydrogen-bond acceptors (Lipinski definition) is 4. The molecule has 0 bridgehead atoms. The van der Waals surface area contributed by atoms with Crippen LogP contribution in [0.2, 0.25) is 0 Å². The fourth-order valence-electron chi connectivity index (χ4n) is 2.48. The van der Waals surface area contributed by atoms with Crippen molar-refractivity contribution in [3.05, 3.63) is 54.1 Å². The molecule has 0 aromatic heterocycles. The van der Waals surface area contributed by atoms with Gasteiger partial charge in [-0.2, -0.15) is 13.2 Å². The minimum Gasteiger partial charge on any atom is -0.492 e. The highest BCUT2D eigenvalue weighted by Gasteiger charge is 2.28. The van der Waals surface area contributed by atoms with Crippen molar-refractivity contribution in [1.29, 1.82) is 0 Å². The van der Waals surface area contributed by atoms with Gasteiger partial charge in [0.15, 0.2) is 12.6 Å². The summed E-state index contributed by atoms with van der Waals surface area (Å²) in [4.78, 5) is 15.2. The third-order valence-electron chi connectivity index (χ3n) is 3.83. The van der Waals surface area contributed by atoms with E-state index >= 15 is 0 Å². The normalized spacial score (nSPS) is 11.2. The molecule has 3 N–H and O–H groups in total. The lowest BCUT2D eigenvalue weighted by Gasteiger charge is -2.13. The van der Waals surface area contributed by atoms with Crippen molar-refractivity contribution in [3.63, 3.8) is 0 Å². The second-order valence-corrected chi connectivity index (χ2v) is 6.46. The Labute approximate surface area is 201 Å². The molecule has 0 heterocycles. The zero-order valence-corrected chi connectivity index (χ0v) is 20.0. The van der Waals surface area contributed by atoms with E-state index in [1.54, 1.807) is 43.4 Å². The van der Waals surface area contributed by atoms with Crippen LogP contribution in [0.15, 0.2) is 53.5 Å². The van der Waals surface area contributed by atoms with E-state index in [0.29, 0.717) is 37.1 Å². The third kappa shape index (κ3) is 11.1.